The fraction of sp³-hybridized carbons (Fsp3) is 0.535. The van der Waals surface area contributed by atoms with E-state index in [4.69, 9.17) is 18.9 Å². The third-order valence-corrected chi connectivity index (χ3v) is 20.2. The Morgan fingerprint density at radius 1 is 0.525 bits per heavy atom. The van der Waals surface area contributed by atoms with Gasteiger partial charge < -0.3 is 57.8 Å². The molecule has 3 fully saturated rings. The molecule has 17 nitrogen and oxygen atoms in total. The Morgan fingerprint density at radius 3 is 1.43 bits per heavy atom. The molecule has 2 N–H and O–H groups in total. The number of fused-ring (bicyclic) bond motifs is 6. The van der Waals surface area contributed by atoms with Crippen LogP contribution in [-0.4, -0.2) is 166 Å². The molecule has 3 saturated heterocycles. The number of halogens is 11. The minimum atomic E-state index is -4.54. The Bertz CT molecular complexity index is 3890. The summed E-state index contributed by atoms with van der Waals surface area (Å²) in [6.07, 6.45) is -13.3. The van der Waals surface area contributed by atoms with Crippen molar-refractivity contribution in [3.8, 4) is 28.7 Å². The number of piperidine rings is 3. The van der Waals surface area contributed by atoms with Crippen LogP contribution in [0.3, 0.4) is 0 Å². The van der Waals surface area contributed by atoms with Crippen molar-refractivity contribution < 1.29 is 88.2 Å². The molecule has 0 saturated carbocycles. The topological polar surface area (TPSA) is 151 Å². The lowest BCUT2D eigenvalue weighted by Gasteiger charge is -2.52. The molecule has 28 heteroatoms. The maximum atomic E-state index is 13.7. The first kappa shape index (κ1) is 73.7. The number of aromatic nitrogens is 3. The maximum absolute atomic E-state index is 13.7. The molecule has 0 bridgehead atoms. The average Bonchev–Trinajstić information content (AvgIpc) is 1.50. The number of ether oxygens (including phenoxy) is 4. The number of carbonyl (C=O) groups is 3. The molecular formula is C71H88F11N9O8. The van der Waals surface area contributed by atoms with E-state index in [2.05, 4.69) is 10.2 Å². The minimum Gasteiger partial charge on any atom is -0.504 e. The maximum Gasteiger partial charge on any atom is 0.431 e. The summed E-state index contributed by atoms with van der Waals surface area (Å²) < 4.78 is 175. The Kier molecular flexibility index (Phi) is 21.0. The van der Waals surface area contributed by atoms with Crippen LogP contribution in [0.5, 0.6) is 28.7 Å². The normalized spacial score (nSPS) is 18.9. The van der Waals surface area contributed by atoms with Gasteiger partial charge in [-0.05, 0) is 191 Å². The van der Waals surface area contributed by atoms with Crippen molar-refractivity contribution in [1.29, 1.82) is 0 Å². The molecule has 0 atom stereocenters. The van der Waals surface area contributed by atoms with Gasteiger partial charge in [-0.25, -0.2) is 8.78 Å². The SMILES string of the molecule is COc1cc(C(=O)N2CCC3(CC2)c2ccc(C(F)(F)F)n2CCN3C)ccc1O.COc1cc(C(=O)N2CCC3(CC2)c2ccc(C(F)(F)F)n2CCN3CC(F)F)ccc1OC(C)C.Cc1cc(C(=O)N2CCC3(CC2)NCC(C)(C)n2c(C(F)(F)F)ccc23)ccc1OC(C)C.[HH]. The van der Waals surface area contributed by atoms with Gasteiger partial charge in [0.25, 0.3) is 24.1 Å². The van der Waals surface area contributed by atoms with Gasteiger partial charge in [-0.1, -0.05) is 0 Å². The summed E-state index contributed by atoms with van der Waals surface area (Å²) in [7, 11) is 4.83. The number of alkyl halides is 11. The molecule has 0 radical (unpaired) electrons. The molecule has 9 heterocycles. The van der Waals surface area contributed by atoms with Crippen molar-refractivity contribution in [2.24, 2.45) is 0 Å². The zero-order chi connectivity index (χ0) is 72.1. The number of hydrogen-bond donors (Lipinski definition) is 2. The van der Waals surface area contributed by atoms with Gasteiger partial charge in [-0.3, -0.25) is 24.2 Å². The number of aryl methyl sites for hydroxylation is 1. The molecule has 3 aromatic heterocycles. The zero-order valence-electron chi connectivity index (χ0n) is 57.2. The predicted octanol–water partition coefficient (Wildman–Crippen LogP) is 13.6. The second-order valence-corrected chi connectivity index (χ2v) is 27.5. The van der Waals surface area contributed by atoms with Gasteiger partial charge in [0.05, 0.1) is 55.1 Å². The number of amides is 3. The highest BCUT2D eigenvalue weighted by Gasteiger charge is 2.52. The van der Waals surface area contributed by atoms with Crippen LogP contribution >= 0.6 is 0 Å². The number of aromatic hydroxyl groups is 1. The van der Waals surface area contributed by atoms with Crippen molar-refractivity contribution in [3.05, 3.63) is 147 Å². The summed E-state index contributed by atoms with van der Waals surface area (Å²) in [5.74, 6) is 1.34. The van der Waals surface area contributed by atoms with Crippen LogP contribution in [-0.2, 0) is 53.8 Å². The molecule has 6 aliphatic heterocycles. The standard InChI is InChI=1S/C25H30F5N3O3.C25H32F3N3O2.C21H24F3N3O3.H2/c1-16(2)36-18-5-4-17(14-19(18)35-3)23(34)31-10-8-24(9-11-31)20-6-7-21(25(28,29)30)33(20)13-12-32(24)15-22(26)27;1-16(2)33-19-7-6-18(14-17(19)3)22(32)30-12-10-24(11-13-30)20-8-9-21(25(26,27)28)31(20)23(4,5)15-29-24;1-25-11-12-27-17(5-6-18(27)21(22,23)24)20(25)7-9-26(10-8-20)19(29)14-3-4-15(28)16(13-14)30-2;/h4-7,14,16,22H,8-13,15H2,1-3H3;6-9,14,16,29H,10-13,15H2,1-5H3;3-6,13,28H,7-12H2,1-2H3;1H. The molecule has 6 aromatic rings. The van der Waals surface area contributed by atoms with E-state index in [0.717, 1.165) is 23.4 Å². The average molecular weight is 1400 g/mol. The van der Waals surface area contributed by atoms with Crippen molar-refractivity contribution in [3.63, 3.8) is 0 Å². The first-order valence-electron chi connectivity index (χ1n) is 33.2. The predicted molar refractivity (Wildman–Crippen MR) is 349 cm³/mol. The Balaban J connectivity index is 0.000000175. The first-order valence-corrected chi connectivity index (χ1v) is 33.2. The summed E-state index contributed by atoms with van der Waals surface area (Å²) >= 11 is 0. The lowest BCUT2D eigenvalue weighted by Crippen LogP contribution is -2.61. The Morgan fingerprint density at radius 2 is 0.949 bits per heavy atom. The van der Waals surface area contributed by atoms with E-state index in [9.17, 15) is 67.8 Å². The van der Waals surface area contributed by atoms with Gasteiger partial charge in [0.2, 0.25) is 0 Å². The van der Waals surface area contributed by atoms with Gasteiger partial charge in [-0.15, -0.1) is 0 Å². The van der Waals surface area contributed by atoms with Crippen LogP contribution in [0.2, 0.25) is 0 Å². The Labute approximate surface area is 569 Å². The zero-order valence-corrected chi connectivity index (χ0v) is 57.2. The van der Waals surface area contributed by atoms with Crippen LogP contribution in [0.25, 0.3) is 0 Å². The number of nitrogens with zero attached hydrogens (tertiary/aromatic N) is 8. The van der Waals surface area contributed by atoms with Crippen LogP contribution < -0.4 is 24.3 Å². The van der Waals surface area contributed by atoms with Crippen LogP contribution in [0.4, 0.5) is 48.3 Å². The summed E-state index contributed by atoms with van der Waals surface area (Å²) in [5.41, 5.74) is -0.792. The first-order chi connectivity index (χ1) is 46.5. The molecule has 0 unspecified atom stereocenters. The molecule has 542 valence electrons. The van der Waals surface area contributed by atoms with Crippen LogP contribution in [0.1, 0.15) is 152 Å². The van der Waals surface area contributed by atoms with Crippen molar-refractivity contribution >= 4 is 17.7 Å². The number of carbonyl (C=O) groups excluding carboxylic acids is 3. The van der Waals surface area contributed by atoms with Crippen molar-refractivity contribution in [2.45, 2.75) is 159 Å². The highest BCUT2D eigenvalue weighted by atomic mass is 19.4. The molecule has 99 heavy (non-hydrogen) atoms. The van der Waals surface area contributed by atoms with E-state index in [1.165, 1.54) is 58.3 Å². The molecular weight excluding hydrogens is 1320 g/mol. The fourth-order valence-electron chi connectivity index (χ4n) is 15.2. The van der Waals surface area contributed by atoms with Crippen molar-refractivity contribution in [1.82, 2.24) is 43.5 Å². The third kappa shape index (κ3) is 14.8. The molecule has 12 rings (SSSR count). The molecule has 3 aromatic carbocycles. The molecule has 3 amide bonds. The number of benzene rings is 3. The van der Waals surface area contributed by atoms with E-state index in [1.807, 2.05) is 67.6 Å². The van der Waals surface area contributed by atoms with Gasteiger partial charge in [0.1, 0.15) is 22.8 Å². The second kappa shape index (κ2) is 28.2. The lowest BCUT2D eigenvalue weighted by atomic mass is 9.80. The van der Waals surface area contributed by atoms with Gasteiger partial charge >= 0.3 is 18.5 Å². The number of nitrogens with one attached hydrogen (secondary N) is 1. The highest BCUT2D eigenvalue weighted by molar-refractivity contribution is 5.96. The smallest absolute Gasteiger partial charge is 0.431 e. The summed E-state index contributed by atoms with van der Waals surface area (Å²) in [6.45, 7) is 16.2. The van der Waals surface area contributed by atoms with Crippen LogP contribution in [0, 0.1) is 6.92 Å². The van der Waals surface area contributed by atoms with E-state index in [0.29, 0.717) is 117 Å². The van der Waals surface area contributed by atoms with E-state index in [-0.39, 0.29) is 81.9 Å². The van der Waals surface area contributed by atoms with Gasteiger partial charge in [0, 0.05) is 107 Å². The summed E-state index contributed by atoms with van der Waals surface area (Å²) in [6, 6.07) is 22.7. The highest BCUT2D eigenvalue weighted by Crippen LogP contribution is 2.49. The quantitative estimate of drug-likeness (QED) is 0.119. The summed E-state index contributed by atoms with van der Waals surface area (Å²) in [5, 5.41) is 13.3. The lowest BCUT2D eigenvalue weighted by molar-refractivity contribution is -0.146. The van der Waals surface area contributed by atoms with Crippen molar-refractivity contribution in [2.75, 3.05) is 86.7 Å². The number of likely N-dealkylation sites (N-methyl/N-ethyl adjacent to an activating group) is 1. The minimum absolute atomic E-state index is 0. The number of phenolic OH excluding ortho intramolecular Hbond substituents is 1. The molecule has 3 spiro atoms. The van der Waals surface area contributed by atoms with Gasteiger partial charge in [-0.2, -0.15) is 39.5 Å². The largest absolute Gasteiger partial charge is 0.504 e. The molecule has 6 aliphatic rings. The second-order valence-electron chi connectivity index (χ2n) is 27.5. The van der Waals surface area contributed by atoms with E-state index in [1.54, 1.807) is 56.0 Å². The third-order valence-electron chi connectivity index (χ3n) is 20.2. The number of likely N-dealkylation sites (tertiary alicyclic amines) is 3. The number of methoxy groups -OCH3 is 2. The monoisotopic (exact) mass is 1400 g/mol. The number of rotatable bonds is 11. The number of hydrogen-bond acceptors (Lipinski definition) is 11. The van der Waals surface area contributed by atoms with E-state index < -0.39 is 70.7 Å². The molecule has 0 aliphatic carbocycles. The number of phenols is 1. The Hall–Kier alpha value is -7.98. The summed E-state index contributed by atoms with van der Waals surface area (Å²) in [4.78, 5) is 48.2. The van der Waals surface area contributed by atoms with E-state index >= 15 is 0 Å². The fourth-order valence-corrected chi connectivity index (χ4v) is 15.2. The van der Waals surface area contributed by atoms with Crippen LogP contribution in [0.15, 0.2) is 91.0 Å². The van der Waals surface area contributed by atoms with Gasteiger partial charge in [0.15, 0.2) is 23.0 Å².